The molecular weight excluding hydrogens is 300 g/mol. The minimum Gasteiger partial charge on any atom is -0.334 e. The van der Waals surface area contributed by atoms with Gasteiger partial charge in [0.25, 0.3) is 0 Å². The first-order chi connectivity index (χ1) is 9.53. The molecule has 0 unspecified atom stereocenters. The summed E-state index contributed by atoms with van der Waals surface area (Å²) in [4.78, 5) is 12.3. The van der Waals surface area contributed by atoms with Crippen LogP contribution in [0.3, 0.4) is 0 Å². The largest absolute Gasteiger partial charge is 0.416 e. The fraction of sp³-hybridized carbons (Fsp3) is 0.462. The Bertz CT molecular complexity index is 494. The Balaban J connectivity index is 2.83. The average Bonchev–Trinajstić information content (AvgIpc) is 2.34. The maximum Gasteiger partial charge on any atom is 0.416 e. The van der Waals surface area contributed by atoms with Gasteiger partial charge in [-0.3, -0.25) is 4.79 Å². The molecule has 118 valence electrons. The van der Waals surface area contributed by atoms with E-state index in [-0.39, 0.29) is 12.1 Å². The highest BCUT2D eigenvalue weighted by atomic mass is 19.4. The summed E-state index contributed by atoms with van der Waals surface area (Å²) < 4.78 is 74.3. The fourth-order valence-electron chi connectivity index (χ4n) is 1.74. The van der Waals surface area contributed by atoms with Crippen LogP contribution < -0.4 is 0 Å². The van der Waals surface area contributed by atoms with Crippen molar-refractivity contribution in [1.29, 1.82) is 0 Å². The molecule has 0 fully saturated rings. The summed E-state index contributed by atoms with van der Waals surface area (Å²) in [6.07, 6.45) is -9.61. The normalized spacial score (nSPS) is 12.3. The molecule has 0 radical (unpaired) electrons. The average molecular weight is 313 g/mol. The Hall–Kier alpha value is -1.73. The van der Waals surface area contributed by atoms with Crippen molar-refractivity contribution in [2.24, 2.45) is 0 Å². The number of alkyl halides is 6. The van der Waals surface area contributed by atoms with Gasteiger partial charge in [-0.1, -0.05) is 18.2 Å². The molecule has 0 bridgehead atoms. The molecule has 0 spiro atoms. The summed E-state index contributed by atoms with van der Waals surface area (Å²) in [5.74, 6) is -0.867. The molecule has 0 saturated carbocycles. The van der Waals surface area contributed by atoms with Crippen molar-refractivity contribution in [3.05, 3.63) is 35.4 Å². The van der Waals surface area contributed by atoms with Crippen LogP contribution in [-0.2, 0) is 17.4 Å². The highest BCUT2D eigenvalue weighted by Gasteiger charge is 2.33. The predicted molar refractivity (Wildman–Crippen MR) is 63.5 cm³/mol. The first-order valence-electron chi connectivity index (χ1n) is 6.03. The predicted octanol–water partition coefficient (Wildman–Crippen LogP) is 3.66. The third kappa shape index (κ3) is 5.65. The summed E-state index contributed by atoms with van der Waals surface area (Å²) in [6, 6.07) is 3.99. The van der Waals surface area contributed by atoms with Crippen LogP contribution in [0, 0.1) is 0 Å². The van der Waals surface area contributed by atoms with Crippen molar-refractivity contribution in [2.45, 2.75) is 25.7 Å². The SMILES string of the molecule is CCN(CC(F)(F)F)C(=O)Cc1cccc(C(F)(F)F)c1. The molecule has 0 N–H and O–H groups in total. The molecule has 8 heteroatoms. The molecular formula is C13H13F6NO. The van der Waals surface area contributed by atoms with Crippen molar-refractivity contribution in [2.75, 3.05) is 13.1 Å². The highest BCUT2D eigenvalue weighted by molar-refractivity contribution is 5.78. The van der Waals surface area contributed by atoms with Crippen LogP contribution in [0.5, 0.6) is 0 Å². The first kappa shape index (κ1) is 17.3. The van der Waals surface area contributed by atoms with Crippen LogP contribution in [0.1, 0.15) is 18.1 Å². The van der Waals surface area contributed by atoms with Gasteiger partial charge in [0.2, 0.25) is 5.91 Å². The number of nitrogens with zero attached hydrogens (tertiary/aromatic N) is 1. The molecule has 0 aliphatic carbocycles. The number of hydrogen-bond acceptors (Lipinski definition) is 1. The molecule has 1 aromatic rings. The molecule has 0 aromatic heterocycles. The van der Waals surface area contributed by atoms with E-state index < -0.39 is 36.8 Å². The van der Waals surface area contributed by atoms with Gasteiger partial charge >= 0.3 is 12.4 Å². The Labute approximate surface area is 117 Å². The number of amides is 1. The third-order valence-electron chi connectivity index (χ3n) is 2.71. The van der Waals surface area contributed by atoms with Crippen molar-refractivity contribution in [3.63, 3.8) is 0 Å². The van der Waals surface area contributed by atoms with E-state index in [9.17, 15) is 31.1 Å². The monoisotopic (exact) mass is 313 g/mol. The number of benzene rings is 1. The van der Waals surface area contributed by atoms with Gasteiger partial charge < -0.3 is 4.90 Å². The fourth-order valence-corrected chi connectivity index (χ4v) is 1.74. The van der Waals surface area contributed by atoms with Gasteiger partial charge in [0.05, 0.1) is 12.0 Å². The Kier molecular flexibility index (Phi) is 5.25. The first-order valence-corrected chi connectivity index (χ1v) is 6.03. The van der Waals surface area contributed by atoms with Crippen LogP contribution in [0.25, 0.3) is 0 Å². The third-order valence-corrected chi connectivity index (χ3v) is 2.71. The zero-order valence-electron chi connectivity index (χ0n) is 11.1. The smallest absolute Gasteiger partial charge is 0.334 e. The van der Waals surface area contributed by atoms with E-state index in [1.165, 1.54) is 13.0 Å². The molecule has 21 heavy (non-hydrogen) atoms. The Morgan fingerprint density at radius 3 is 2.24 bits per heavy atom. The van der Waals surface area contributed by atoms with Crippen LogP contribution >= 0.6 is 0 Å². The zero-order chi connectivity index (χ0) is 16.3. The Morgan fingerprint density at radius 1 is 1.14 bits per heavy atom. The minimum absolute atomic E-state index is 0.0236. The quantitative estimate of drug-likeness (QED) is 0.777. The molecule has 0 aliphatic heterocycles. The van der Waals surface area contributed by atoms with Gasteiger partial charge in [-0.2, -0.15) is 26.3 Å². The van der Waals surface area contributed by atoms with Crippen molar-refractivity contribution < 1.29 is 31.1 Å². The summed E-state index contributed by atoms with van der Waals surface area (Å²) in [5, 5.41) is 0. The van der Waals surface area contributed by atoms with E-state index in [1.54, 1.807) is 0 Å². The van der Waals surface area contributed by atoms with Crippen molar-refractivity contribution >= 4 is 5.91 Å². The van der Waals surface area contributed by atoms with Gasteiger partial charge in [-0.15, -0.1) is 0 Å². The van der Waals surface area contributed by atoms with Crippen molar-refractivity contribution in [3.8, 4) is 0 Å². The summed E-state index contributed by atoms with van der Waals surface area (Å²) in [7, 11) is 0. The second-order valence-corrected chi connectivity index (χ2v) is 4.40. The van der Waals surface area contributed by atoms with E-state index in [0.717, 1.165) is 18.2 Å². The number of hydrogen-bond donors (Lipinski definition) is 0. The van der Waals surface area contributed by atoms with E-state index in [2.05, 4.69) is 0 Å². The molecule has 0 aliphatic rings. The van der Waals surface area contributed by atoms with E-state index in [0.29, 0.717) is 4.90 Å². The molecule has 1 amide bonds. The lowest BCUT2D eigenvalue weighted by atomic mass is 10.1. The van der Waals surface area contributed by atoms with E-state index in [1.807, 2.05) is 0 Å². The lowest BCUT2D eigenvalue weighted by molar-refractivity contribution is -0.160. The van der Waals surface area contributed by atoms with Crippen LogP contribution in [0.15, 0.2) is 24.3 Å². The number of halogens is 6. The van der Waals surface area contributed by atoms with Crippen LogP contribution in [-0.4, -0.2) is 30.1 Å². The van der Waals surface area contributed by atoms with Crippen LogP contribution in [0.2, 0.25) is 0 Å². The zero-order valence-corrected chi connectivity index (χ0v) is 11.1. The van der Waals surface area contributed by atoms with Crippen molar-refractivity contribution in [1.82, 2.24) is 4.90 Å². The number of likely N-dealkylation sites (N-methyl/N-ethyl adjacent to an activating group) is 1. The van der Waals surface area contributed by atoms with Gasteiger partial charge in [-0.25, -0.2) is 0 Å². The topological polar surface area (TPSA) is 20.3 Å². The number of rotatable bonds is 4. The van der Waals surface area contributed by atoms with E-state index >= 15 is 0 Å². The molecule has 1 rings (SSSR count). The standard InChI is InChI=1S/C13H13F6NO/c1-2-20(8-12(14,15)16)11(21)7-9-4-3-5-10(6-9)13(17,18)19/h3-6H,2,7-8H2,1H3. The maximum absolute atomic E-state index is 12.5. The molecule has 2 nitrogen and oxygen atoms in total. The summed E-state index contributed by atoms with van der Waals surface area (Å²) in [6.45, 7) is -0.214. The highest BCUT2D eigenvalue weighted by Crippen LogP contribution is 2.29. The molecule has 0 heterocycles. The van der Waals surface area contributed by atoms with Crippen LogP contribution in [0.4, 0.5) is 26.3 Å². The lowest BCUT2D eigenvalue weighted by Crippen LogP contribution is -2.39. The second kappa shape index (κ2) is 6.36. The van der Waals surface area contributed by atoms with Gasteiger partial charge in [0, 0.05) is 6.54 Å². The summed E-state index contributed by atoms with van der Waals surface area (Å²) >= 11 is 0. The molecule has 0 saturated heterocycles. The van der Waals surface area contributed by atoms with Gasteiger partial charge in [-0.05, 0) is 18.6 Å². The molecule has 0 atom stereocenters. The minimum atomic E-state index is -4.56. The number of carbonyl (C=O) groups is 1. The Morgan fingerprint density at radius 2 is 1.76 bits per heavy atom. The summed E-state index contributed by atoms with van der Waals surface area (Å²) in [5.41, 5.74) is -0.915. The van der Waals surface area contributed by atoms with Gasteiger partial charge in [0.1, 0.15) is 6.54 Å². The maximum atomic E-state index is 12.5. The number of carbonyl (C=O) groups excluding carboxylic acids is 1. The second-order valence-electron chi connectivity index (χ2n) is 4.40. The molecule has 1 aromatic carbocycles. The lowest BCUT2D eigenvalue weighted by Gasteiger charge is -2.22. The van der Waals surface area contributed by atoms with E-state index in [4.69, 9.17) is 0 Å². The van der Waals surface area contributed by atoms with Gasteiger partial charge in [0.15, 0.2) is 0 Å².